The molecule has 2 fully saturated rings. The van der Waals surface area contributed by atoms with Crippen molar-refractivity contribution < 1.29 is 18.0 Å². The van der Waals surface area contributed by atoms with Gasteiger partial charge in [-0.15, -0.1) is 0 Å². The smallest absolute Gasteiger partial charge is 0.324 e. The molecule has 2 aliphatic rings. The highest BCUT2D eigenvalue weighted by Gasteiger charge is 2.38. The second-order valence-corrected chi connectivity index (χ2v) is 6.71. The lowest BCUT2D eigenvalue weighted by atomic mass is 10.1. The second kappa shape index (κ2) is 4.85. The number of carbonyl (C=O) groups is 2. The lowest BCUT2D eigenvalue weighted by molar-refractivity contribution is -0.127. The molecule has 2 rings (SSSR count). The zero-order valence-electron chi connectivity index (χ0n) is 10.3. The van der Waals surface area contributed by atoms with Crippen LogP contribution in [-0.2, 0) is 14.8 Å². The molecule has 3 amide bonds. The van der Waals surface area contributed by atoms with Crippen LogP contribution in [0.25, 0.3) is 0 Å². The number of carbonyl (C=O) groups excluding carboxylic acids is 2. The van der Waals surface area contributed by atoms with Crippen LogP contribution in [0.15, 0.2) is 0 Å². The summed E-state index contributed by atoms with van der Waals surface area (Å²) in [6.07, 6.45) is 1.02. The third kappa shape index (κ3) is 2.35. The quantitative estimate of drug-likeness (QED) is 0.694. The monoisotopic (exact) mass is 275 g/mol. The second-order valence-electron chi connectivity index (χ2n) is 4.45. The van der Waals surface area contributed by atoms with Crippen LogP contribution in [-0.4, -0.2) is 61.0 Å². The number of rotatable bonds is 3. The van der Waals surface area contributed by atoms with Crippen LogP contribution in [0.2, 0.25) is 0 Å². The summed E-state index contributed by atoms with van der Waals surface area (Å²) >= 11 is 0. The summed E-state index contributed by atoms with van der Waals surface area (Å²) < 4.78 is 24.8. The number of hydrogen-bond donors (Lipinski definition) is 1. The summed E-state index contributed by atoms with van der Waals surface area (Å²) in [6, 6.07) is -0.542. The number of imide groups is 1. The Labute approximate surface area is 106 Å². The summed E-state index contributed by atoms with van der Waals surface area (Å²) in [6.45, 7) is 2.40. The van der Waals surface area contributed by atoms with Crippen LogP contribution < -0.4 is 5.32 Å². The van der Waals surface area contributed by atoms with Crippen LogP contribution in [0.4, 0.5) is 4.79 Å². The Bertz CT molecular complexity index is 438. The fourth-order valence-electron chi connectivity index (χ4n) is 2.37. The van der Waals surface area contributed by atoms with Gasteiger partial charge in [-0.3, -0.25) is 9.69 Å². The van der Waals surface area contributed by atoms with Gasteiger partial charge in [-0.25, -0.2) is 17.5 Å². The molecule has 2 heterocycles. The number of sulfonamides is 1. The van der Waals surface area contributed by atoms with Crippen LogP contribution in [0.1, 0.15) is 19.8 Å². The van der Waals surface area contributed by atoms with E-state index in [-0.39, 0.29) is 30.3 Å². The summed E-state index contributed by atoms with van der Waals surface area (Å²) in [5, 5.41) is 2.47. The van der Waals surface area contributed by atoms with E-state index < -0.39 is 10.0 Å². The largest absolute Gasteiger partial charge is 0.329 e. The van der Waals surface area contributed by atoms with Gasteiger partial charge in [0.05, 0.1) is 12.3 Å². The van der Waals surface area contributed by atoms with Crippen LogP contribution in [0, 0.1) is 0 Å². The van der Waals surface area contributed by atoms with Crippen molar-refractivity contribution in [2.24, 2.45) is 0 Å². The maximum atomic E-state index is 11.7. The SMILES string of the molecule is CCS(=O)(=O)N1CCC(N2C(=O)CNC2=O)CC1. The van der Waals surface area contributed by atoms with E-state index in [1.807, 2.05) is 0 Å². The van der Waals surface area contributed by atoms with Crippen LogP contribution in [0.3, 0.4) is 0 Å². The van der Waals surface area contributed by atoms with Gasteiger partial charge in [0.2, 0.25) is 15.9 Å². The molecule has 0 aromatic carbocycles. The molecule has 18 heavy (non-hydrogen) atoms. The van der Waals surface area contributed by atoms with Gasteiger partial charge in [0.1, 0.15) is 0 Å². The first-order chi connectivity index (χ1) is 8.45. The molecule has 7 nitrogen and oxygen atoms in total. The van der Waals surface area contributed by atoms with Gasteiger partial charge < -0.3 is 5.32 Å². The van der Waals surface area contributed by atoms with Gasteiger partial charge in [0.25, 0.3) is 0 Å². The highest BCUT2D eigenvalue weighted by Crippen LogP contribution is 2.20. The molecule has 0 radical (unpaired) electrons. The zero-order chi connectivity index (χ0) is 13.3. The predicted octanol–water partition coefficient (Wildman–Crippen LogP) is -0.648. The summed E-state index contributed by atoms with van der Waals surface area (Å²) in [5.74, 6) is -0.141. The topological polar surface area (TPSA) is 86.8 Å². The van der Waals surface area contributed by atoms with E-state index >= 15 is 0 Å². The Morgan fingerprint density at radius 2 is 1.89 bits per heavy atom. The van der Waals surface area contributed by atoms with Gasteiger partial charge in [0.15, 0.2) is 0 Å². The average Bonchev–Trinajstić information content (AvgIpc) is 2.69. The van der Waals surface area contributed by atoms with E-state index in [9.17, 15) is 18.0 Å². The zero-order valence-corrected chi connectivity index (χ0v) is 11.1. The maximum Gasteiger partial charge on any atom is 0.324 e. The summed E-state index contributed by atoms with van der Waals surface area (Å²) in [5.41, 5.74) is 0. The summed E-state index contributed by atoms with van der Waals surface area (Å²) in [4.78, 5) is 24.2. The van der Waals surface area contributed by atoms with E-state index in [1.165, 1.54) is 9.21 Å². The maximum absolute atomic E-state index is 11.7. The average molecular weight is 275 g/mol. The Balaban J connectivity index is 1.99. The minimum Gasteiger partial charge on any atom is -0.329 e. The molecule has 102 valence electrons. The van der Waals surface area contributed by atoms with Crippen molar-refractivity contribution in [3.63, 3.8) is 0 Å². The van der Waals surface area contributed by atoms with Crippen molar-refractivity contribution in [3.05, 3.63) is 0 Å². The van der Waals surface area contributed by atoms with Crippen LogP contribution in [0.5, 0.6) is 0 Å². The third-order valence-electron chi connectivity index (χ3n) is 3.43. The molecule has 8 heteroatoms. The first kappa shape index (κ1) is 13.3. The molecule has 0 atom stereocenters. The first-order valence-electron chi connectivity index (χ1n) is 6.03. The number of urea groups is 1. The van der Waals surface area contributed by atoms with Crippen molar-refractivity contribution in [2.75, 3.05) is 25.4 Å². The van der Waals surface area contributed by atoms with Gasteiger partial charge in [-0.1, -0.05) is 0 Å². The predicted molar refractivity (Wildman–Crippen MR) is 64.3 cm³/mol. The number of nitrogens with zero attached hydrogens (tertiary/aromatic N) is 2. The van der Waals surface area contributed by atoms with Crippen molar-refractivity contribution in [1.82, 2.24) is 14.5 Å². The van der Waals surface area contributed by atoms with E-state index in [1.54, 1.807) is 6.92 Å². The van der Waals surface area contributed by atoms with Crippen molar-refractivity contribution in [3.8, 4) is 0 Å². The van der Waals surface area contributed by atoms with Gasteiger partial charge in [0, 0.05) is 19.1 Å². The molecule has 1 N–H and O–H groups in total. The van der Waals surface area contributed by atoms with Crippen LogP contribution >= 0.6 is 0 Å². The first-order valence-corrected chi connectivity index (χ1v) is 7.64. The molecule has 0 unspecified atom stereocenters. The van der Waals surface area contributed by atoms with E-state index in [0.717, 1.165) is 0 Å². The molecule has 2 saturated heterocycles. The number of hydrogen-bond acceptors (Lipinski definition) is 4. The Morgan fingerprint density at radius 3 is 2.33 bits per heavy atom. The standard InChI is InChI=1S/C10H17N3O4S/c1-2-18(16,17)12-5-3-8(4-6-12)13-9(14)7-11-10(13)15/h8H,2-7H2,1H3,(H,11,15). The molecule has 0 bridgehead atoms. The Hall–Kier alpha value is -1.15. The fourth-order valence-corrected chi connectivity index (χ4v) is 3.50. The fraction of sp³-hybridized carbons (Fsp3) is 0.800. The molecule has 0 spiro atoms. The van der Waals surface area contributed by atoms with Gasteiger partial charge >= 0.3 is 6.03 Å². The number of piperidine rings is 1. The van der Waals surface area contributed by atoms with Crippen molar-refractivity contribution in [1.29, 1.82) is 0 Å². The van der Waals surface area contributed by atoms with Crippen molar-refractivity contribution >= 4 is 22.0 Å². The Morgan fingerprint density at radius 1 is 1.28 bits per heavy atom. The third-order valence-corrected chi connectivity index (χ3v) is 5.31. The Kier molecular flexibility index (Phi) is 3.58. The number of amides is 3. The van der Waals surface area contributed by atoms with E-state index in [2.05, 4.69) is 5.32 Å². The highest BCUT2D eigenvalue weighted by atomic mass is 32.2. The lowest BCUT2D eigenvalue weighted by Gasteiger charge is -2.34. The van der Waals surface area contributed by atoms with Gasteiger partial charge in [-0.2, -0.15) is 0 Å². The molecule has 0 aromatic rings. The molecule has 0 aliphatic carbocycles. The van der Waals surface area contributed by atoms with Crippen molar-refractivity contribution in [2.45, 2.75) is 25.8 Å². The molecule has 0 saturated carbocycles. The summed E-state index contributed by atoms with van der Waals surface area (Å²) in [7, 11) is -3.17. The number of nitrogens with one attached hydrogen (secondary N) is 1. The molecular formula is C10H17N3O4S. The minimum absolute atomic E-state index is 0.0479. The highest BCUT2D eigenvalue weighted by molar-refractivity contribution is 7.89. The molecule has 0 aromatic heterocycles. The molecular weight excluding hydrogens is 258 g/mol. The van der Waals surface area contributed by atoms with Gasteiger partial charge in [-0.05, 0) is 19.8 Å². The van der Waals surface area contributed by atoms with E-state index in [0.29, 0.717) is 25.9 Å². The normalized spacial score (nSPS) is 23.5. The minimum atomic E-state index is -3.17. The van der Waals surface area contributed by atoms with E-state index in [4.69, 9.17) is 0 Å². The molecule has 2 aliphatic heterocycles. The lowest BCUT2D eigenvalue weighted by Crippen LogP contribution is -2.49.